The third kappa shape index (κ3) is 2.49. The molecule has 0 spiro atoms. The zero-order valence-electron chi connectivity index (χ0n) is 12.6. The first kappa shape index (κ1) is 13.9. The highest BCUT2D eigenvalue weighted by Gasteiger charge is 2.29. The van der Waals surface area contributed by atoms with Crippen molar-refractivity contribution < 1.29 is 9.47 Å². The van der Waals surface area contributed by atoms with E-state index in [1.807, 2.05) is 30.7 Å². The topological polar surface area (TPSA) is 62.3 Å². The predicted molar refractivity (Wildman–Crippen MR) is 80.5 cm³/mol. The minimum Gasteiger partial charge on any atom is -0.497 e. The zero-order chi connectivity index (χ0) is 15.0. The molecule has 1 unspecified atom stereocenters. The van der Waals surface area contributed by atoms with Gasteiger partial charge in [-0.25, -0.2) is 4.98 Å². The highest BCUT2D eigenvalue weighted by molar-refractivity contribution is 5.44. The monoisotopic (exact) mass is 287 g/mol. The van der Waals surface area contributed by atoms with Gasteiger partial charge in [-0.15, -0.1) is 0 Å². The van der Waals surface area contributed by atoms with Crippen LogP contribution in [0.15, 0.2) is 30.7 Å². The van der Waals surface area contributed by atoms with Gasteiger partial charge >= 0.3 is 0 Å². The van der Waals surface area contributed by atoms with Gasteiger partial charge in [-0.05, 0) is 32.0 Å². The van der Waals surface area contributed by atoms with E-state index >= 15 is 0 Å². The van der Waals surface area contributed by atoms with E-state index in [4.69, 9.17) is 15.2 Å². The second-order valence-corrected chi connectivity index (χ2v) is 5.67. The predicted octanol–water partition coefficient (Wildman–Crippen LogP) is 3.00. The summed E-state index contributed by atoms with van der Waals surface area (Å²) in [7, 11) is 1.65. The zero-order valence-corrected chi connectivity index (χ0v) is 12.6. The maximum Gasteiger partial charge on any atom is 0.142 e. The van der Waals surface area contributed by atoms with Gasteiger partial charge in [-0.3, -0.25) is 0 Å². The Morgan fingerprint density at radius 2 is 2.24 bits per heavy atom. The van der Waals surface area contributed by atoms with Crippen LogP contribution in [0.5, 0.6) is 11.5 Å². The van der Waals surface area contributed by atoms with E-state index in [0.29, 0.717) is 6.04 Å². The van der Waals surface area contributed by atoms with Gasteiger partial charge in [0.2, 0.25) is 0 Å². The Balaban J connectivity index is 1.93. The Hall–Kier alpha value is -2.01. The van der Waals surface area contributed by atoms with Gasteiger partial charge in [0.25, 0.3) is 0 Å². The number of imidazole rings is 1. The fourth-order valence-electron chi connectivity index (χ4n) is 2.79. The smallest absolute Gasteiger partial charge is 0.142 e. The van der Waals surface area contributed by atoms with Crippen molar-refractivity contribution in [2.75, 3.05) is 7.11 Å². The van der Waals surface area contributed by atoms with Crippen molar-refractivity contribution >= 4 is 0 Å². The first-order valence-electron chi connectivity index (χ1n) is 7.22. The van der Waals surface area contributed by atoms with Crippen molar-refractivity contribution in [2.24, 2.45) is 5.73 Å². The molecule has 5 nitrogen and oxygen atoms in total. The molecular formula is C16H21N3O2. The van der Waals surface area contributed by atoms with E-state index in [1.165, 1.54) is 0 Å². The summed E-state index contributed by atoms with van der Waals surface area (Å²) in [6.45, 7) is 4.26. The van der Waals surface area contributed by atoms with Crippen molar-refractivity contribution in [1.82, 2.24) is 9.55 Å². The van der Waals surface area contributed by atoms with Crippen LogP contribution in [0.2, 0.25) is 0 Å². The normalized spacial score (nSPS) is 21.0. The molecule has 3 rings (SSSR count). The molecule has 1 aromatic heterocycles. The number of nitrogens with zero attached hydrogens (tertiary/aromatic N) is 2. The first-order chi connectivity index (χ1) is 10.1. The third-order valence-corrected chi connectivity index (χ3v) is 3.94. The number of ether oxygens (including phenoxy) is 2. The first-order valence-corrected chi connectivity index (χ1v) is 7.22. The van der Waals surface area contributed by atoms with Gasteiger partial charge in [0, 0.05) is 24.1 Å². The number of fused-ring (bicyclic) bond motifs is 1. The van der Waals surface area contributed by atoms with Crippen molar-refractivity contribution in [3.63, 3.8) is 0 Å². The second-order valence-electron chi connectivity index (χ2n) is 5.67. The molecule has 2 aromatic rings. The highest BCUT2D eigenvalue weighted by atomic mass is 16.5. The number of hydrogen-bond donors (Lipinski definition) is 1. The Bertz CT molecular complexity index is 636. The number of benzene rings is 1. The summed E-state index contributed by atoms with van der Waals surface area (Å²) in [6, 6.07) is 6.06. The number of nitrogens with two attached hydrogens (primary N) is 1. The summed E-state index contributed by atoms with van der Waals surface area (Å²) < 4.78 is 13.5. The number of aromatic nitrogens is 2. The number of methoxy groups -OCH3 is 1. The molecular weight excluding hydrogens is 266 g/mol. The van der Waals surface area contributed by atoms with Crippen LogP contribution < -0.4 is 15.2 Å². The SMILES string of the molecule is COc1ccc2c(c1)[C@H](N)CC(c1cncn1C(C)C)O2. The lowest BCUT2D eigenvalue weighted by atomic mass is 9.95. The average molecular weight is 287 g/mol. The molecule has 2 N–H and O–H groups in total. The molecule has 0 bridgehead atoms. The van der Waals surface area contributed by atoms with E-state index in [1.54, 1.807) is 7.11 Å². The molecule has 0 saturated heterocycles. The number of hydrogen-bond acceptors (Lipinski definition) is 4. The van der Waals surface area contributed by atoms with Gasteiger partial charge in [-0.2, -0.15) is 0 Å². The van der Waals surface area contributed by atoms with E-state index in [9.17, 15) is 0 Å². The largest absolute Gasteiger partial charge is 0.497 e. The Labute approximate surface area is 124 Å². The van der Waals surface area contributed by atoms with Crippen LogP contribution in [0.4, 0.5) is 0 Å². The molecule has 0 aliphatic carbocycles. The van der Waals surface area contributed by atoms with Gasteiger partial charge in [0.05, 0.1) is 25.3 Å². The molecule has 1 aliphatic rings. The molecule has 0 saturated carbocycles. The van der Waals surface area contributed by atoms with Crippen molar-refractivity contribution in [3.8, 4) is 11.5 Å². The Morgan fingerprint density at radius 1 is 1.43 bits per heavy atom. The molecule has 21 heavy (non-hydrogen) atoms. The van der Waals surface area contributed by atoms with Crippen molar-refractivity contribution in [3.05, 3.63) is 42.0 Å². The summed E-state index contributed by atoms with van der Waals surface area (Å²) in [4.78, 5) is 4.25. The van der Waals surface area contributed by atoms with E-state index in [0.717, 1.165) is 29.2 Å². The molecule has 112 valence electrons. The molecule has 2 atom stereocenters. The summed E-state index contributed by atoms with van der Waals surface area (Å²) >= 11 is 0. The molecule has 5 heteroatoms. The quantitative estimate of drug-likeness (QED) is 0.942. The van der Waals surface area contributed by atoms with E-state index < -0.39 is 0 Å². The minimum absolute atomic E-state index is 0.0641. The minimum atomic E-state index is -0.0654. The second kappa shape index (κ2) is 5.41. The van der Waals surface area contributed by atoms with Gasteiger partial charge in [-0.1, -0.05) is 0 Å². The van der Waals surface area contributed by atoms with Crippen LogP contribution in [-0.2, 0) is 0 Å². The van der Waals surface area contributed by atoms with Crippen LogP contribution >= 0.6 is 0 Å². The van der Waals surface area contributed by atoms with Crippen LogP contribution in [-0.4, -0.2) is 16.7 Å². The summed E-state index contributed by atoms with van der Waals surface area (Å²) in [6.07, 6.45) is 4.38. The Morgan fingerprint density at radius 3 is 2.95 bits per heavy atom. The van der Waals surface area contributed by atoms with Crippen molar-refractivity contribution in [1.29, 1.82) is 0 Å². The van der Waals surface area contributed by atoms with Crippen LogP contribution in [0.3, 0.4) is 0 Å². The molecule has 0 amide bonds. The maximum absolute atomic E-state index is 6.33. The third-order valence-electron chi connectivity index (χ3n) is 3.94. The van der Waals surface area contributed by atoms with Gasteiger partial charge in [0.1, 0.15) is 17.6 Å². The van der Waals surface area contributed by atoms with Gasteiger partial charge in [0.15, 0.2) is 0 Å². The fraction of sp³-hybridized carbons (Fsp3) is 0.438. The van der Waals surface area contributed by atoms with E-state index in [2.05, 4.69) is 23.4 Å². The molecule has 0 radical (unpaired) electrons. The number of rotatable bonds is 3. The summed E-state index contributed by atoms with van der Waals surface area (Å²) in [5.41, 5.74) is 8.40. The van der Waals surface area contributed by atoms with Crippen LogP contribution in [0.25, 0.3) is 0 Å². The molecule has 2 heterocycles. The standard InChI is InChI=1S/C16H21N3O2/c1-10(2)19-9-18-8-14(19)16-7-13(17)12-6-11(20-3)4-5-15(12)21-16/h4-6,8-10,13,16H,7,17H2,1-3H3/t13-,16?/m1/s1. The molecule has 1 aromatic carbocycles. The average Bonchev–Trinajstić information content (AvgIpc) is 2.96. The fourth-order valence-corrected chi connectivity index (χ4v) is 2.79. The summed E-state index contributed by atoms with van der Waals surface area (Å²) in [5.74, 6) is 1.63. The highest BCUT2D eigenvalue weighted by Crippen LogP contribution is 2.41. The van der Waals surface area contributed by atoms with Crippen LogP contribution in [0, 0.1) is 0 Å². The van der Waals surface area contributed by atoms with Gasteiger partial charge < -0.3 is 19.8 Å². The lowest BCUT2D eigenvalue weighted by molar-refractivity contribution is 0.151. The van der Waals surface area contributed by atoms with Crippen LogP contribution in [0.1, 0.15) is 49.7 Å². The Kier molecular flexibility index (Phi) is 3.59. The molecule has 0 fully saturated rings. The lowest BCUT2D eigenvalue weighted by Crippen LogP contribution is -2.26. The summed E-state index contributed by atoms with van der Waals surface area (Å²) in [5, 5.41) is 0. The maximum atomic E-state index is 6.33. The van der Waals surface area contributed by atoms with Crippen molar-refractivity contribution in [2.45, 2.75) is 38.5 Å². The van der Waals surface area contributed by atoms with E-state index in [-0.39, 0.29) is 12.1 Å². The lowest BCUT2D eigenvalue weighted by Gasteiger charge is -2.31. The molecule has 1 aliphatic heterocycles.